The first-order valence-corrected chi connectivity index (χ1v) is 10.5. The standard InChI is InChI=1S/C25H17N3O5/c29-19-10-9-14(28(32)33)11-13(19)12-26-27-24(30)22-20-15-5-1-2-6-16(15)21(23(22)25(27)31)18-8-4-3-7-17(18)20/h1-12,20-23,29H/b26-12-/t20?,21?,22-,23-/m1/s1. The van der Waals surface area contributed by atoms with E-state index < -0.39 is 28.6 Å². The topological polar surface area (TPSA) is 113 Å². The van der Waals surface area contributed by atoms with E-state index in [-0.39, 0.29) is 28.8 Å². The molecule has 8 heteroatoms. The third-order valence-corrected chi connectivity index (χ3v) is 6.96. The molecule has 3 aliphatic carbocycles. The van der Waals surface area contributed by atoms with Gasteiger partial charge in [-0.05, 0) is 28.3 Å². The molecule has 1 fully saturated rings. The smallest absolute Gasteiger partial charge is 0.270 e. The van der Waals surface area contributed by atoms with E-state index in [4.69, 9.17) is 0 Å². The molecule has 0 radical (unpaired) electrons. The van der Waals surface area contributed by atoms with Crippen molar-refractivity contribution in [1.82, 2.24) is 5.01 Å². The first-order valence-electron chi connectivity index (χ1n) is 10.5. The van der Waals surface area contributed by atoms with Crippen LogP contribution in [0.2, 0.25) is 0 Å². The number of amides is 2. The predicted molar refractivity (Wildman–Crippen MR) is 118 cm³/mol. The Morgan fingerprint density at radius 3 is 1.79 bits per heavy atom. The Hall–Kier alpha value is -4.33. The van der Waals surface area contributed by atoms with Crippen LogP contribution in [0, 0.1) is 22.0 Å². The van der Waals surface area contributed by atoms with Crippen LogP contribution in [-0.2, 0) is 9.59 Å². The fourth-order valence-electron chi connectivity index (χ4n) is 5.65. The van der Waals surface area contributed by atoms with Gasteiger partial charge in [0.2, 0.25) is 0 Å². The molecule has 1 N–H and O–H groups in total. The predicted octanol–water partition coefficient (Wildman–Crippen LogP) is 3.53. The number of nitro groups is 1. The van der Waals surface area contributed by atoms with E-state index >= 15 is 0 Å². The fraction of sp³-hybridized carbons (Fsp3) is 0.160. The van der Waals surface area contributed by atoms with Crippen molar-refractivity contribution in [3.05, 3.63) is 105 Å². The molecule has 2 bridgehead atoms. The molecule has 1 aliphatic heterocycles. The van der Waals surface area contributed by atoms with Gasteiger partial charge in [-0.15, -0.1) is 0 Å². The molecule has 3 aromatic rings. The molecule has 33 heavy (non-hydrogen) atoms. The number of carbonyl (C=O) groups excluding carboxylic acids is 2. The number of hydrogen-bond donors (Lipinski definition) is 1. The zero-order chi connectivity index (χ0) is 22.9. The highest BCUT2D eigenvalue weighted by Gasteiger charge is 2.61. The molecule has 2 atom stereocenters. The van der Waals surface area contributed by atoms with E-state index in [1.54, 1.807) is 0 Å². The third kappa shape index (κ3) is 2.60. The van der Waals surface area contributed by atoms with Crippen LogP contribution < -0.4 is 0 Å². The van der Waals surface area contributed by atoms with Gasteiger partial charge in [0, 0.05) is 29.5 Å². The van der Waals surface area contributed by atoms with E-state index in [1.807, 2.05) is 48.5 Å². The lowest BCUT2D eigenvalue weighted by molar-refractivity contribution is -0.384. The lowest BCUT2D eigenvalue weighted by Gasteiger charge is -2.45. The monoisotopic (exact) mass is 439 g/mol. The molecule has 0 saturated carbocycles. The van der Waals surface area contributed by atoms with Crippen molar-refractivity contribution in [3.63, 3.8) is 0 Å². The van der Waals surface area contributed by atoms with Crippen LogP contribution in [0.25, 0.3) is 0 Å². The Balaban J connectivity index is 1.43. The zero-order valence-corrected chi connectivity index (χ0v) is 17.2. The van der Waals surface area contributed by atoms with Gasteiger partial charge in [0.05, 0.1) is 23.0 Å². The second-order valence-electron chi connectivity index (χ2n) is 8.50. The summed E-state index contributed by atoms with van der Waals surface area (Å²) < 4.78 is 0. The number of nitrogens with zero attached hydrogens (tertiary/aromatic N) is 3. The van der Waals surface area contributed by atoms with Gasteiger partial charge in [-0.1, -0.05) is 48.5 Å². The van der Waals surface area contributed by atoms with E-state index in [9.17, 15) is 24.8 Å². The quantitative estimate of drug-likeness (QED) is 0.290. The number of hydrazone groups is 1. The van der Waals surface area contributed by atoms with E-state index in [2.05, 4.69) is 5.10 Å². The van der Waals surface area contributed by atoms with Gasteiger partial charge in [-0.25, -0.2) is 0 Å². The molecular weight excluding hydrogens is 422 g/mol. The van der Waals surface area contributed by atoms with Crippen LogP contribution in [0.1, 0.15) is 39.7 Å². The Labute approximate surface area is 187 Å². The lowest BCUT2D eigenvalue weighted by atomic mass is 9.55. The summed E-state index contributed by atoms with van der Waals surface area (Å²) in [6, 6.07) is 19.3. The molecule has 162 valence electrons. The number of aromatic hydroxyl groups is 1. The summed E-state index contributed by atoms with van der Waals surface area (Å²) >= 11 is 0. The number of non-ortho nitro benzene ring substituents is 1. The first kappa shape index (κ1) is 19.4. The molecular formula is C25H17N3O5. The number of phenolic OH excluding ortho intramolecular Hbond substituents is 1. The Kier molecular flexibility index (Phi) is 4.01. The highest BCUT2D eigenvalue weighted by Crippen LogP contribution is 2.60. The van der Waals surface area contributed by atoms with Crippen molar-refractivity contribution < 1.29 is 19.6 Å². The second kappa shape index (κ2) is 6.83. The van der Waals surface area contributed by atoms with Crippen LogP contribution in [-0.4, -0.2) is 33.1 Å². The zero-order valence-electron chi connectivity index (χ0n) is 17.2. The van der Waals surface area contributed by atoms with Crippen molar-refractivity contribution >= 4 is 23.7 Å². The molecule has 0 unspecified atom stereocenters. The molecule has 1 saturated heterocycles. The van der Waals surface area contributed by atoms with Crippen molar-refractivity contribution in [2.75, 3.05) is 0 Å². The maximum atomic E-state index is 13.5. The summed E-state index contributed by atoms with van der Waals surface area (Å²) in [4.78, 5) is 37.4. The van der Waals surface area contributed by atoms with Crippen molar-refractivity contribution in [1.29, 1.82) is 0 Å². The normalized spacial score (nSPS) is 24.7. The molecule has 0 spiro atoms. The lowest BCUT2D eigenvalue weighted by Crippen LogP contribution is -2.41. The number of nitro benzene ring substituents is 1. The van der Waals surface area contributed by atoms with Gasteiger partial charge in [-0.2, -0.15) is 10.1 Å². The number of phenols is 1. The molecule has 7 rings (SSSR count). The molecule has 2 amide bonds. The summed E-state index contributed by atoms with van der Waals surface area (Å²) in [6.45, 7) is 0. The van der Waals surface area contributed by atoms with Gasteiger partial charge in [0.15, 0.2) is 0 Å². The minimum absolute atomic E-state index is 0.0502. The molecule has 3 aromatic carbocycles. The van der Waals surface area contributed by atoms with Gasteiger partial charge in [0.25, 0.3) is 17.5 Å². The minimum Gasteiger partial charge on any atom is -0.507 e. The van der Waals surface area contributed by atoms with Crippen LogP contribution in [0.4, 0.5) is 5.69 Å². The maximum Gasteiger partial charge on any atom is 0.270 e. The number of carbonyl (C=O) groups is 2. The highest BCUT2D eigenvalue weighted by atomic mass is 16.6. The summed E-state index contributed by atoms with van der Waals surface area (Å²) in [7, 11) is 0. The number of benzene rings is 3. The molecule has 0 aromatic heterocycles. The summed E-state index contributed by atoms with van der Waals surface area (Å²) in [6.07, 6.45) is 1.12. The summed E-state index contributed by atoms with van der Waals surface area (Å²) in [5, 5.41) is 26.1. The number of rotatable bonds is 3. The third-order valence-electron chi connectivity index (χ3n) is 6.96. The van der Waals surface area contributed by atoms with Crippen molar-refractivity contribution in [2.24, 2.45) is 16.9 Å². The SMILES string of the molecule is O=C1[C@@H]2C3c4ccccc4C(c4ccccc43)[C@H]2C(=O)N1/N=C\c1cc([N+](=O)[O-])ccc1O. The number of hydrogen-bond acceptors (Lipinski definition) is 6. The number of imide groups is 1. The first-order chi connectivity index (χ1) is 16.0. The molecule has 8 nitrogen and oxygen atoms in total. The van der Waals surface area contributed by atoms with Crippen LogP contribution in [0.5, 0.6) is 5.75 Å². The Morgan fingerprint density at radius 1 is 0.848 bits per heavy atom. The van der Waals surface area contributed by atoms with Crippen LogP contribution in [0.3, 0.4) is 0 Å². The highest BCUT2D eigenvalue weighted by molar-refractivity contribution is 6.08. The summed E-state index contributed by atoms with van der Waals surface area (Å²) in [5.74, 6) is -2.65. The largest absolute Gasteiger partial charge is 0.507 e. The van der Waals surface area contributed by atoms with Crippen LogP contribution in [0.15, 0.2) is 71.8 Å². The van der Waals surface area contributed by atoms with Gasteiger partial charge >= 0.3 is 0 Å². The average molecular weight is 439 g/mol. The molecule has 1 heterocycles. The van der Waals surface area contributed by atoms with E-state index in [0.717, 1.165) is 39.5 Å². The molecule has 4 aliphatic rings. The second-order valence-corrected chi connectivity index (χ2v) is 8.50. The minimum atomic E-state index is -0.594. The van der Waals surface area contributed by atoms with Crippen molar-refractivity contribution in [3.8, 4) is 5.75 Å². The Bertz CT molecular complexity index is 1280. The van der Waals surface area contributed by atoms with E-state index in [1.165, 1.54) is 12.1 Å². The van der Waals surface area contributed by atoms with Crippen molar-refractivity contribution in [2.45, 2.75) is 11.8 Å². The van der Waals surface area contributed by atoms with Gasteiger partial charge in [0.1, 0.15) is 5.75 Å². The fourth-order valence-corrected chi connectivity index (χ4v) is 5.65. The van der Waals surface area contributed by atoms with Crippen LogP contribution >= 0.6 is 0 Å². The van der Waals surface area contributed by atoms with E-state index in [0.29, 0.717) is 0 Å². The van der Waals surface area contributed by atoms with Gasteiger partial charge < -0.3 is 5.11 Å². The Morgan fingerprint density at radius 2 is 1.33 bits per heavy atom. The average Bonchev–Trinajstić information content (AvgIpc) is 3.08. The summed E-state index contributed by atoms with van der Waals surface area (Å²) in [5.41, 5.74) is 4.06. The maximum absolute atomic E-state index is 13.5. The van der Waals surface area contributed by atoms with Gasteiger partial charge in [-0.3, -0.25) is 19.7 Å².